The first kappa shape index (κ1) is 28.5. The number of carbonyl (C=O) groups is 2. The Morgan fingerprint density at radius 3 is 2.30 bits per heavy atom. The monoisotopic (exact) mass is 536 g/mol. The Balaban J connectivity index is 0.00000380. The molecule has 1 aliphatic rings. The van der Waals surface area contributed by atoms with Gasteiger partial charge in [0, 0.05) is 36.6 Å². The van der Waals surface area contributed by atoms with Crippen LogP contribution in [0.1, 0.15) is 49.3 Å². The third kappa shape index (κ3) is 6.64. The van der Waals surface area contributed by atoms with E-state index in [0.717, 1.165) is 34.2 Å². The van der Waals surface area contributed by atoms with Crippen molar-refractivity contribution in [1.29, 1.82) is 0 Å². The molecule has 0 bridgehead atoms. The van der Waals surface area contributed by atoms with Crippen molar-refractivity contribution in [3.63, 3.8) is 0 Å². The van der Waals surface area contributed by atoms with Gasteiger partial charge in [0.2, 0.25) is 11.8 Å². The van der Waals surface area contributed by atoms with Crippen LogP contribution in [0.25, 0.3) is 10.9 Å². The van der Waals surface area contributed by atoms with Crippen LogP contribution >= 0.6 is 12.4 Å². The molecule has 2 aromatic carbocycles. The van der Waals surface area contributed by atoms with E-state index in [-0.39, 0.29) is 24.2 Å². The predicted octanol–water partition coefficient (Wildman–Crippen LogP) is 4.78. The number of nitrogens with one attached hydrogen (secondary N) is 2. The van der Waals surface area contributed by atoms with Crippen molar-refractivity contribution in [2.75, 3.05) is 13.1 Å². The van der Waals surface area contributed by atoms with Gasteiger partial charge in [0.15, 0.2) is 0 Å². The molecule has 0 radical (unpaired) electrons. The Morgan fingerprint density at radius 1 is 1.08 bits per heavy atom. The number of likely N-dealkylation sites (tertiary alicyclic amines) is 1. The molecule has 6 nitrogen and oxygen atoms in total. The number of amides is 2. The fraction of sp³-hybridized carbons (Fsp3) is 0.407. The van der Waals surface area contributed by atoms with Crippen molar-refractivity contribution in [2.45, 2.75) is 56.8 Å². The quantitative estimate of drug-likeness (QED) is 0.423. The van der Waals surface area contributed by atoms with E-state index in [0.29, 0.717) is 32.4 Å². The number of rotatable bonds is 6. The van der Waals surface area contributed by atoms with E-state index in [9.17, 15) is 22.8 Å². The van der Waals surface area contributed by atoms with E-state index >= 15 is 0 Å². The number of hydrogen-bond acceptors (Lipinski definition) is 3. The van der Waals surface area contributed by atoms with Gasteiger partial charge in [-0.15, -0.1) is 12.4 Å². The summed E-state index contributed by atoms with van der Waals surface area (Å²) in [4.78, 5) is 31.2. The highest BCUT2D eigenvalue weighted by molar-refractivity contribution is 5.92. The van der Waals surface area contributed by atoms with E-state index in [1.807, 2.05) is 30.5 Å². The zero-order valence-electron chi connectivity index (χ0n) is 20.8. The number of para-hydroxylation sites is 1. The molecule has 4 rings (SSSR count). The summed E-state index contributed by atoms with van der Waals surface area (Å²) in [6.07, 6.45) is -0.942. The topological polar surface area (TPSA) is 91.2 Å². The van der Waals surface area contributed by atoms with Crippen LogP contribution in [-0.2, 0) is 22.2 Å². The molecule has 0 saturated carbocycles. The van der Waals surface area contributed by atoms with E-state index in [1.165, 1.54) is 12.1 Å². The highest BCUT2D eigenvalue weighted by Gasteiger charge is 2.34. The maximum absolute atomic E-state index is 13.6. The molecule has 1 atom stereocenters. The van der Waals surface area contributed by atoms with Crippen LogP contribution in [0.3, 0.4) is 0 Å². The van der Waals surface area contributed by atoms with Gasteiger partial charge in [-0.3, -0.25) is 9.59 Å². The minimum Gasteiger partial charge on any atom is -0.361 e. The molecule has 10 heteroatoms. The Morgan fingerprint density at radius 2 is 1.70 bits per heavy atom. The van der Waals surface area contributed by atoms with Crippen molar-refractivity contribution in [1.82, 2.24) is 15.2 Å². The smallest absolute Gasteiger partial charge is 0.361 e. The first-order valence-corrected chi connectivity index (χ1v) is 12.0. The number of nitrogens with zero attached hydrogens (tertiary/aromatic N) is 1. The van der Waals surface area contributed by atoms with Gasteiger partial charge in [0.1, 0.15) is 6.04 Å². The van der Waals surface area contributed by atoms with Crippen LogP contribution in [0.5, 0.6) is 0 Å². The number of alkyl halides is 3. The molecular formula is C27H32ClF3N4O2. The average Bonchev–Trinajstić information content (AvgIpc) is 3.25. The molecule has 1 aromatic heterocycles. The van der Waals surface area contributed by atoms with Crippen molar-refractivity contribution >= 4 is 35.1 Å². The van der Waals surface area contributed by atoms with Gasteiger partial charge in [-0.1, -0.05) is 30.3 Å². The van der Waals surface area contributed by atoms with Crippen LogP contribution in [0, 0.1) is 0 Å². The standard InChI is InChI=1S/C27H31F3N4O2.ClH/c1-26(2,31)25(36)33-23(15-19-16-32-22-6-4-3-5-21(19)22)24(35)34-13-11-18(12-14-34)17-7-9-20(10-8-17)27(28,29)30;/h3-10,16,18,23,32H,11-15,31H2,1-2H3,(H,33,36);1H/t23-;/m1./s1. The Bertz CT molecular complexity index is 1230. The van der Waals surface area contributed by atoms with Crippen LogP contribution in [0.2, 0.25) is 0 Å². The molecule has 1 aliphatic heterocycles. The van der Waals surface area contributed by atoms with Crippen molar-refractivity contribution in [3.8, 4) is 0 Å². The van der Waals surface area contributed by atoms with Crippen molar-refractivity contribution < 1.29 is 22.8 Å². The van der Waals surface area contributed by atoms with Crippen molar-refractivity contribution in [2.24, 2.45) is 5.73 Å². The summed E-state index contributed by atoms with van der Waals surface area (Å²) in [5.41, 5.74) is 6.86. The summed E-state index contributed by atoms with van der Waals surface area (Å²) < 4.78 is 38.6. The van der Waals surface area contributed by atoms with Gasteiger partial charge in [-0.05, 0) is 61.9 Å². The lowest BCUT2D eigenvalue weighted by molar-refractivity contribution is -0.138. The van der Waals surface area contributed by atoms with Gasteiger partial charge in [0.25, 0.3) is 0 Å². The number of H-pyrrole nitrogens is 1. The lowest BCUT2D eigenvalue weighted by atomic mass is 9.88. The second-order valence-corrected chi connectivity index (χ2v) is 10.0. The minimum atomic E-state index is -4.36. The second kappa shape index (κ2) is 11.1. The fourth-order valence-electron chi connectivity index (χ4n) is 4.66. The van der Waals surface area contributed by atoms with Crippen LogP contribution in [0.15, 0.2) is 54.7 Å². The molecule has 1 saturated heterocycles. The van der Waals surface area contributed by atoms with E-state index in [2.05, 4.69) is 10.3 Å². The minimum absolute atomic E-state index is 0. The molecule has 37 heavy (non-hydrogen) atoms. The number of fused-ring (bicyclic) bond motifs is 1. The fourth-order valence-corrected chi connectivity index (χ4v) is 4.66. The Hall–Kier alpha value is -3.04. The number of aromatic nitrogens is 1. The third-order valence-corrected chi connectivity index (χ3v) is 6.80. The van der Waals surface area contributed by atoms with Crippen LogP contribution < -0.4 is 11.1 Å². The van der Waals surface area contributed by atoms with E-state index in [1.54, 1.807) is 18.7 Å². The molecular weight excluding hydrogens is 505 g/mol. The lowest BCUT2D eigenvalue weighted by Crippen LogP contribution is -2.57. The molecule has 0 spiro atoms. The number of aromatic amines is 1. The molecule has 0 unspecified atom stereocenters. The zero-order chi connectivity index (χ0) is 26.1. The first-order valence-electron chi connectivity index (χ1n) is 12.0. The molecule has 0 aliphatic carbocycles. The summed E-state index contributed by atoms with van der Waals surface area (Å²) in [5.74, 6) is -0.537. The van der Waals surface area contributed by atoms with Crippen LogP contribution in [-0.4, -0.2) is 46.4 Å². The van der Waals surface area contributed by atoms with Gasteiger partial charge >= 0.3 is 6.18 Å². The van der Waals surface area contributed by atoms with Gasteiger partial charge in [0.05, 0.1) is 11.1 Å². The number of benzene rings is 2. The van der Waals surface area contributed by atoms with Crippen molar-refractivity contribution in [3.05, 3.63) is 71.4 Å². The lowest BCUT2D eigenvalue weighted by Gasteiger charge is -2.35. The maximum atomic E-state index is 13.6. The molecule has 2 heterocycles. The molecule has 3 aromatic rings. The third-order valence-electron chi connectivity index (χ3n) is 6.80. The summed E-state index contributed by atoms with van der Waals surface area (Å²) >= 11 is 0. The molecule has 4 N–H and O–H groups in total. The number of halogens is 4. The zero-order valence-corrected chi connectivity index (χ0v) is 21.6. The largest absolute Gasteiger partial charge is 0.416 e. The molecule has 1 fully saturated rings. The highest BCUT2D eigenvalue weighted by atomic mass is 35.5. The van der Waals surface area contributed by atoms with E-state index in [4.69, 9.17) is 5.73 Å². The summed E-state index contributed by atoms with van der Waals surface area (Å²) in [6.45, 7) is 4.09. The van der Waals surface area contributed by atoms with Gasteiger partial charge in [-0.25, -0.2) is 0 Å². The Kier molecular flexibility index (Phi) is 8.59. The highest BCUT2D eigenvalue weighted by Crippen LogP contribution is 2.33. The number of hydrogen-bond donors (Lipinski definition) is 3. The summed E-state index contributed by atoms with van der Waals surface area (Å²) in [5, 5.41) is 3.83. The number of piperidine rings is 1. The van der Waals surface area contributed by atoms with Gasteiger partial charge in [-0.2, -0.15) is 13.2 Å². The predicted molar refractivity (Wildman–Crippen MR) is 139 cm³/mol. The average molecular weight is 537 g/mol. The first-order chi connectivity index (χ1) is 16.9. The summed E-state index contributed by atoms with van der Waals surface area (Å²) in [7, 11) is 0. The summed E-state index contributed by atoms with van der Waals surface area (Å²) in [6, 6.07) is 12.2. The molecule has 200 valence electrons. The normalized spacial score (nSPS) is 15.8. The SMILES string of the molecule is CC(C)(N)C(=O)N[C@H](Cc1c[nH]c2ccccc12)C(=O)N1CCC(c2ccc(C(F)(F)F)cc2)CC1.Cl. The maximum Gasteiger partial charge on any atom is 0.416 e. The van der Waals surface area contributed by atoms with Crippen LogP contribution in [0.4, 0.5) is 13.2 Å². The number of nitrogens with two attached hydrogens (primary N) is 1. The molecule has 2 amide bonds. The Labute approximate surface area is 220 Å². The number of carbonyl (C=O) groups excluding carboxylic acids is 2. The second-order valence-electron chi connectivity index (χ2n) is 10.0. The van der Waals surface area contributed by atoms with Gasteiger partial charge < -0.3 is 20.9 Å². The van der Waals surface area contributed by atoms with E-state index < -0.39 is 29.2 Å².